The minimum atomic E-state index is 0.0845. The molecule has 1 saturated carbocycles. The van der Waals surface area contributed by atoms with Crippen LogP contribution in [0.15, 0.2) is 5.16 Å². The average Bonchev–Trinajstić information content (AvgIpc) is 2.89. The van der Waals surface area contributed by atoms with E-state index in [2.05, 4.69) is 15.5 Å². The Morgan fingerprint density at radius 1 is 1.50 bits per heavy atom. The number of hydrogen-bond acceptors (Lipinski definition) is 5. The lowest BCUT2D eigenvalue weighted by atomic mass is 10.3. The molecule has 0 bridgehead atoms. The highest BCUT2D eigenvalue weighted by atomic mass is 32.2. The summed E-state index contributed by atoms with van der Waals surface area (Å²) >= 11 is 1.68. The Morgan fingerprint density at radius 2 is 2.36 bits per heavy atom. The fourth-order valence-electron chi connectivity index (χ4n) is 1.26. The molecule has 1 aliphatic carbocycles. The van der Waals surface area contributed by atoms with Gasteiger partial charge >= 0.3 is 0 Å². The minimum Gasteiger partial charge on any atom is -0.394 e. The van der Waals surface area contributed by atoms with Crippen LogP contribution in [0, 0.1) is 5.92 Å². The van der Waals surface area contributed by atoms with E-state index in [0.717, 1.165) is 16.8 Å². The summed E-state index contributed by atoms with van der Waals surface area (Å²) in [6, 6.07) is 0. The molecule has 1 aromatic rings. The third-order valence-corrected chi connectivity index (χ3v) is 3.26. The van der Waals surface area contributed by atoms with Gasteiger partial charge in [0.2, 0.25) is 5.16 Å². The molecule has 78 valence electrons. The Bertz CT molecular complexity index is 287. The molecule has 1 heterocycles. The van der Waals surface area contributed by atoms with E-state index in [1.807, 2.05) is 0 Å². The summed E-state index contributed by atoms with van der Waals surface area (Å²) in [5, 5.41) is 20.9. The summed E-state index contributed by atoms with van der Waals surface area (Å²) in [5.41, 5.74) is 0. The number of aromatic nitrogens is 4. The molecule has 1 fully saturated rings. The van der Waals surface area contributed by atoms with E-state index in [1.54, 1.807) is 16.4 Å². The van der Waals surface area contributed by atoms with E-state index in [4.69, 9.17) is 5.11 Å². The van der Waals surface area contributed by atoms with Crippen LogP contribution in [0.5, 0.6) is 0 Å². The van der Waals surface area contributed by atoms with Crippen LogP contribution < -0.4 is 0 Å². The molecule has 0 spiro atoms. The maximum Gasteiger partial charge on any atom is 0.209 e. The first kappa shape index (κ1) is 9.92. The van der Waals surface area contributed by atoms with Crippen molar-refractivity contribution < 1.29 is 5.11 Å². The third-order valence-electron chi connectivity index (χ3n) is 2.27. The molecule has 6 heteroatoms. The summed E-state index contributed by atoms with van der Waals surface area (Å²) in [5.74, 6) is 2.03. The fraction of sp³-hybridized carbons (Fsp3) is 0.875. The van der Waals surface area contributed by atoms with Gasteiger partial charge in [0.25, 0.3) is 0 Å². The Kier molecular flexibility index (Phi) is 3.36. The zero-order valence-electron chi connectivity index (χ0n) is 7.96. The van der Waals surface area contributed by atoms with Gasteiger partial charge in [-0.05, 0) is 22.8 Å². The lowest BCUT2D eigenvalue weighted by molar-refractivity contribution is 0.262. The van der Waals surface area contributed by atoms with Crippen LogP contribution in [-0.2, 0) is 6.54 Å². The molecule has 0 saturated heterocycles. The minimum absolute atomic E-state index is 0.0845. The van der Waals surface area contributed by atoms with Crippen LogP contribution >= 0.6 is 11.8 Å². The number of nitrogens with zero attached hydrogens (tertiary/aromatic N) is 4. The van der Waals surface area contributed by atoms with Crippen molar-refractivity contribution in [3.63, 3.8) is 0 Å². The van der Waals surface area contributed by atoms with Gasteiger partial charge in [-0.1, -0.05) is 24.6 Å². The standard InChI is InChI=1S/C8H14N4OS/c13-5-4-12-8(9-10-11-12)14-6-3-7-1-2-7/h7,13H,1-6H2. The van der Waals surface area contributed by atoms with E-state index in [0.29, 0.717) is 6.54 Å². The first-order valence-electron chi connectivity index (χ1n) is 4.90. The molecule has 0 aromatic carbocycles. The van der Waals surface area contributed by atoms with Crippen LogP contribution in [0.2, 0.25) is 0 Å². The van der Waals surface area contributed by atoms with Crippen molar-refractivity contribution in [2.75, 3.05) is 12.4 Å². The lowest BCUT2D eigenvalue weighted by Gasteiger charge is -2.00. The predicted molar refractivity (Wildman–Crippen MR) is 53.0 cm³/mol. The number of tetrazole rings is 1. The summed E-state index contributed by atoms with van der Waals surface area (Å²) < 4.78 is 1.65. The molecule has 2 rings (SSSR count). The van der Waals surface area contributed by atoms with Crippen molar-refractivity contribution in [1.82, 2.24) is 20.2 Å². The van der Waals surface area contributed by atoms with Gasteiger partial charge in [-0.2, -0.15) is 0 Å². The van der Waals surface area contributed by atoms with Crippen molar-refractivity contribution in [2.24, 2.45) is 5.92 Å². The first-order chi connectivity index (χ1) is 6.90. The Labute approximate surface area is 86.9 Å². The molecule has 0 radical (unpaired) electrons. The highest BCUT2D eigenvalue weighted by Crippen LogP contribution is 2.34. The Balaban J connectivity index is 1.78. The van der Waals surface area contributed by atoms with Crippen LogP contribution in [0.4, 0.5) is 0 Å². The average molecular weight is 214 g/mol. The number of hydrogen-bond donors (Lipinski definition) is 1. The number of aliphatic hydroxyl groups excluding tert-OH is 1. The SMILES string of the molecule is OCCn1nnnc1SCCC1CC1. The third kappa shape index (κ3) is 2.68. The summed E-state index contributed by atoms with van der Waals surface area (Å²) in [6.45, 7) is 0.569. The van der Waals surface area contributed by atoms with Gasteiger partial charge in [0.15, 0.2) is 0 Å². The van der Waals surface area contributed by atoms with Gasteiger partial charge in [0, 0.05) is 5.75 Å². The van der Waals surface area contributed by atoms with Crippen molar-refractivity contribution in [1.29, 1.82) is 0 Å². The fourth-order valence-corrected chi connectivity index (χ4v) is 2.26. The van der Waals surface area contributed by atoms with E-state index in [1.165, 1.54) is 19.3 Å². The summed E-state index contributed by atoms with van der Waals surface area (Å²) in [6.07, 6.45) is 4.04. The zero-order valence-corrected chi connectivity index (χ0v) is 8.78. The molecule has 0 aliphatic heterocycles. The molecule has 14 heavy (non-hydrogen) atoms. The topological polar surface area (TPSA) is 63.8 Å². The van der Waals surface area contributed by atoms with Crippen molar-refractivity contribution in [3.8, 4) is 0 Å². The molecule has 1 N–H and O–H groups in total. The highest BCUT2D eigenvalue weighted by Gasteiger charge is 2.20. The molecule has 1 aromatic heterocycles. The highest BCUT2D eigenvalue weighted by molar-refractivity contribution is 7.99. The largest absolute Gasteiger partial charge is 0.394 e. The smallest absolute Gasteiger partial charge is 0.209 e. The molecule has 0 unspecified atom stereocenters. The maximum atomic E-state index is 8.76. The zero-order chi connectivity index (χ0) is 9.80. The van der Waals surface area contributed by atoms with Gasteiger partial charge in [-0.3, -0.25) is 0 Å². The molecule has 0 amide bonds. The molecular formula is C8H14N4OS. The van der Waals surface area contributed by atoms with Crippen LogP contribution in [0.1, 0.15) is 19.3 Å². The maximum absolute atomic E-state index is 8.76. The van der Waals surface area contributed by atoms with Gasteiger partial charge in [0.1, 0.15) is 0 Å². The molecule has 1 aliphatic rings. The van der Waals surface area contributed by atoms with Gasteiger partial charge in [0.05, 0.1) is 13.2 Å². The van der Waals surface area contributed by atoms with Crippen molar-refractivity contribution in [3.05, 3.63) is 0 Å². The molecule has 5 nitrogen and oxygen atoms in total. The number of thioether (sulfide) groups is 1. The van der Waals surface area contributed by atoms with Gasteiger partial charge in [-0.25, -0.2) is 4.68 Å². The lowest BCUT2D eigenvalue weighted by Crippen LogP contribution is -2.05. The monoisotopic (exact) mass is 214 g/mol. The molecule has 0 atom stereocenters. The number of aliphatic hydroxyl groups is 1. The van der Waals surface area contributed by atoms with Gasteiger partial charge in [-0.15, -0.1) is 5.10 Å². The van der Waals surface area contributed by atoms with Gasteiger partial charge < -0.3 is 5.11 Å². The number of rotatable bonds is 6. The molecular weight excluding hydrogens is 200 g/mol. The van der Waals surface area contributed by atoms with E-state index in [9.17, 15) is 0 Å². The van der Waals surface area contributed by atoms with E-state index < -0.39 is 0 Å². The summed E-state index contributed by atoms with van der Waals surface area (Å²) in [7, 11) is 0. The quantitative estimate of drug-likeness (QED) is 0.701. The predicted octanol–water partition coefficient (Wildman–Crippen LogP) is 0.558. The Hall–Kier alpha value is -0.620. The van der Waals surface area contributed by atoms with Crippen LogP contribution in [0.25, 0.3) is 0 Å². The van der Waals surface area contributed by atoms with Crippen molar-refractivity contribution >= 4 is 11.8 Å². The second kappa shape index (κ2) is 4.75. The second-order valence-corrected chi connectivity index (χ2v) is 4.55. The summed E-state index contributed by atoms with van der Waals surface area (Å²) in [4.78, 5) is 0. The Morgan fingerprint density at radius 3 is 3.07 bits per heavy atom. The van der Waals surface area contributed by atoms with Crippen LogP contribution in [0.3, 0.4) is 0 Å². The van der Waals surface area contributed by atoms with Crippen LogP contribution in [-0.4, -0.2) is 37.7 Å². The normalized spacial score (nSPS) is 16.1. The van der Waals surface area contributed by atoms with E-state index in [-0.39, 0.29) is 6.61 Å². The van der Waals surface area contributed by atoms with Crippen molar-refractivity contribution in [2.45, 2.75) is 31.0 Å². The second-order valence-electron chi connectivity index (χ2n) is 3.49. The first-order valence-corrected chi connectivity index (χ1v) is 5.88. The van der Waals surface area contributed by atoms with E-state index >= 15 is 0 Å².